The van der Waals surface area contributed by atoms with Crippen LogP contribution in [0, 0.1) is 0 Å². The predicted molar refractivity (Wildman–Crippen MR) is 91.9 cm³/mol. The van der Waals surface area contributed by atoms with Crippen LogP contribution >= 0.6 is 11.6 Å². The first-order valence-electron chi connectivity index (χ1n) is 7.34. The van der Waals surface area contributed by atoms with E-state index in [1.165, 1.54) is 18.3 Å². The molecule has 0 atom stereocenters. The topological polar surface area (TPSA) is 82.1 Å². The number of hydrazine groups is 1. The van der Waals surface area contributed by atoms with Crippen molar-refractivity contribution in [3.63, 3.8) is 0 Å². The Balaban J connectivity index is 1.67. The molecule has 1 heterocycles. The Morgan fingerprint density at radius 3 is 2.44 bits per heavy atom. The van der Waals surface area contributed by atoms with Crippen LogP contribution in [0.3, 0.4) is 0 Å². The number of nitrogens with zero attached hydrogens (tertiary/aromatic N) is 3. The van der Waals surface area contributed by atoms with E-state index in [0.29, 0.717) is 10.6 Å². The lowest BCUT2D eigenvalue weighted by molar-refractivity contribution is -0.125. The van der Waals surface area contributed by atoms with E-state index in [4.69, 9.17) is 11.6 Å². The summed E-state index contributed by atoms with van der Waals surface area (Å²) in [6.07, 6.45) is 1.40. The summed E-state index contributed by atoms with van der Waals surface area (Å²) >= 11 is 5.77. The maximum absolute atomic E-state index is 12.2. The molecule has 1 saturated heterocycles. The van der Waals surface area contributed by atoms with Crippen molar-refractivity contribution >= 4 is 35.7 Å². The molecule has 0 bridgehead atoms. The third kappa shape index (κ3) is 3.84. The third-order valence-corrected chi connectivity index (χ3v) is 3.66. The number of nitrogens with one attached hydrogen (secondary N) is 1. The van der Waals surface area contributed by atoms with Gasteiger partial charge in [0, 0.05) is 10.6 Å². The van der Waals surface area contributed by atoms with Crippen molar-refractivity contribution in [1.82, 2.24) is 15.4 Å². The Bertz CT molecular complexity index is 837. The molecule has 1 aliphatic heterocycles. The van der Waals surface area contributed by atoms with Gasteiger partial charge in [-0.25, -0.2) is 9.80 Å². The van der Waals surface area contributed by atoms with E-state index in [2.05, 4.69) is 10.5 Å². The summed E-state index contributed by atoms with van der Waals surface area (Å²) in [6.45, 7) is -0.287. The second kappa shape index (κ2) is 7.14. The quantitative estimate of drug-likeness (QED) is 0.674. The Morgan fingerprint density at radius 1 is 1.08 bits per heavy atom. The zero-order valence-corrected chi connectivity index (χ0v) is 13.7. The molecule has 4 amide bonds. The minimum Gasteiger partial charge on any atom is -0.270 e. The summed E-state index contributed by atoms with van der Waals surface area (Å²) < 4.78 is 0. The SMILES string of the molecule is O=C(NN1CC(=O)N(/N=C/c2ccccc2)C1=O)c1ccc(Cl)cc1. The van der Waals surface area contributed by atoms with Gasteiger partial charge >= 0.3 is 6.03 Å². The summed E-state index contributed by atoms with van der Waals surface area (Å²) in [5.74, 6) is -1.06. The predicted octanol–water partition coefficient (Wildman–Crippen LogP) is 2.28. The number of benzene rings is 2. The van der Waals surface area contributed by atoms with E-state index in [1.54, 1.807) is 24.3 Å². The first kappa shape index (κ1) is 16.7. The Kier molecular flexibility index (Phi) is 4.76. The second-order valence-corrected chi connectivity index (χ2v) is 5.61. The van der Waals surface area contributed by atoms with E-state index in [-0.39, 0.29) is 6.54 Å². The van der Waals surface area contributed by atoms with E-state index in [0.717, 1.165) is 15.6 Å². The fourth-order valence-electron chi connectivity index (χ4n) is 2.14. The van der Waals surface area contributed by atoms with Crippen molar-refractivity contribution in [2.24, 2.45) is 5.10 Å². The van der Waals surface area contributed by atoms with E-state index < -0.39 is 17.8 Å². The largest absolute Gasteiger partial charge is 0.367 e. The van der Waals surface area contributed by atoms with Gasteiger partial charge in [-0.2, -0.15) is 5.10 Å². The molecule has 25 heavy (non-hydrogen) atoms. The van der Waals surface area contributed by atoms with Gasteiger partial charge in [0.15, 0.2) is 0 Å². The summed E-state index contributed by atoms with van der Waals surface area (Å²) in [7, 11) is 0. The summed E-state index contributed by atoms with van der Waals surface area (Å²) in [5.41, 5.74) is 3.45. The van der Waals surface area contributed by atoms with Gasteiger partial charge < -0.3 is 0 Å². The number of hydrazone groups is 1. The summed E-state index contributed by atoms with van der Waals surface area (Å²) in [4.78, 5) is 36.3. The van der Waals surface area contributed by atoms with Crippen LogP contribution in [0.5, 0.6) is 0 Å². The van der Waals surface area contributed by atoms with Gasteiger partial charge in [-0.15, -0.1) is 5.01 Å². The molecule has 0 saturated carbocycles. The van der Waals surface area contributed by atoms with Crippen LogP contribution in [0.2, 0.25) is 5.02 Å². The molecular weight excluding hydrogens is 344 g/mol. The average Bonchev–Trinajstić information content (AvgIpc) is 2.88. The highest BCUT2D eigenvalue weighted by molar-refractivity contribution is 6.30. The van der Waals surface area contributed by atoms with E-state index >= 15 is 0 Å². The van der Waals surface area contributed by atoms with Gasteiger partial charge in [0.05, 0.1) is 6.21 Å². The summed E-state index contributed by atoms with van der Waals surface area (Å²) in [5, 5.41) is 6.02. The van der Waals surface area contributed by atoms with Gasteiger partial charge in [-0.1, -0.05) is 41.9 Å². The standard InChI is InChI=1S/C17H13ClN4O3/c18-14-8-6-13(7-9-14)16(24)20-21-11-15(23)22(17(21)25)19-10-12-4-2-1-3-5-12/h1-10H,11H2,(H,20,24)/b19-10+. The number of amides is 4. The lowest BCUT2D eigenvalue weighted by Crippen LogP contribution is -2.44. The Hall–Kier alpha value is -3.19. The number of carbonyl (C=O) groups excluding carboxylic acids is 3. The number of halogens is 1. The number of hydrogen-bond acceptors (Lipinski definition) is 4. The van der Waals surface area contributed by atoms with Gasteiger partial charge in [0.1, 0.15) is 6.54 Å². The summed E-state index contributed by atoms with van der Waals surface area (Å²) in [6, 6.07) is 14.5. The fraction of sp³-hybridized carbons (Fsp3) is 0.0588. The third-order valence-electron chi connectivity index (χ3n) is 3.41. The molecule has 0 spiro atoms. The molecule has 0 radical (unpaired) electrons. The van der Waals surface area contributed by atoms with Crippen LogP contribution < -0.4 is 5.43 Å². The van der Waals surface area contributed by atoms with Crippen molar-refractivity contribution in [2.45, 2.75) is 0 Å². The van der Waals surface area contributed by atoms with Crippen LogP contribution in [0.15, 0.2) is 59.7 Å². The molecule has 1 aliphatic rings. The molecule has 3 rings (SSSR count). The van der Waals surface area contributed by atoms with Crippen molar-refractivity contribution < 1.29 is 14.4 Å². The number of hydrogen-bond donors (Lipinski definition) is 1. The Morgan fingerprint density at radius 2 is 1.76 bits per heavy atom. The molecule has 126 valence electrons. The molecule has 0 unspecified atom stereocenters. The molecule has 7 nitrogen and oxygen atoms in total. The van der Waals surface area contributed by atoms with Gasteiger partial charge in [-0.05, 0) is 29.8 Å². The van der Waals surface area contributed by atoms with Crippen molar-refractivity contribution in [1.29, 1.82) is 0 Å². The number of carbonyl (C=O) groups is 3. The minimum absolute atomic E-state index is 0.287. The lowest BCUT2D eigenvalue weighted by Gasteiger charge is -2.15. The molecule has 0 aliphatic carbocycles. The molecule has 0 aromatic heterocycles. The maximum atomic E-state index is 12.2. The highest BCUT2D eigenvalue weighted by Crippen LogP contribution is 2.12. The lowest BCUT2D eigenvalue weighted by atomic mass is 10.2. The van der Waals surface area contributed by atoms with Crippen LogP contribution in [-0.4, -0.2) is 40.6 Å². The van der Waals surface area contributed by atoms with Gasteiger partial charge in [0.2, 0.25) is 0 Å². The zero-order chi connectivity index (χ0) is 17.8. The zero-order valence-electron chi connectivity index (χ0n) is 12.9. The first-order chi connectivity index (χ1) is 12.0. The van der Waals surface area contributed by atoms with Gasteiger partial charge in [0.25, 0.3) is 11.8 Å². The molecule has 1 N–H and O–H groups in total. The number of imide groups is 1. The molecule has 8 heteroatoms. The van der Waals surface area contributed by atoms with E-state index in [9.17, 15) is 14.4 Å². The first-order valence-corrected chi connectivity index (χ1v) is 7.72. The van der Waals surface area contributed by atoms with Crippen molar-refractivity contribution in [2.75, 3.05) is 6.54 Å². The minimum atomic E-state index is -0.723. The maximum Gasteiger partial charge on any atom is 0.367 e. The van der Waals surface area contributed by atoms with Crippen molar-refractivity contribution in [3.05, 3.63) is 70.7 Å². The molecule has 2 aromatic carbocycles. The normalized spacial score (nSPS) is 14.4. The monoisotopic (exact) mass is 356 g/mol. The molecule has 2 aromatic rings. The van der Waals surface area contributed by atoms with E-state index in [1.807, 2.05) is 18.2 Å². The molecular formula is C17H13ClN4O3. The van der Waals surface area contributed by atoms with Crippen LogP contribution in [0.25, 0.3) is 0 Å². The van der Waals surface area contributed by atoms with Crippen LogP contribution in [0.1, 0.15) is 15.9 Å². The number of rotatable bonds is 4. The van der Waals surface area contributed by atoms with Gasteiger partial charge in [-0.3, -0.25) is 15.0 Å². The number of urea groups is 1. The van der Waals surface area contributed by atoms with Crippen LogP contribution in [-0.2, 0) is 4.79 Å². The molecule has 1 fully saturated rings. The smallest absolute Gasteiger partial charge is 0.270 e. The van der Waals surface area contributed by atoms with Crippen LogP contribution in [0.4, 0.5) is 4.79 Å². The Labute approximate surface area is 148 Å². The average molecular weight is 357 g/mol. The fourth-order valence-corrected chi connectivity index (χ4v) is 2.27. The highest BCUT2D eigenvalue weighted by Gasteiger charge is 2.37. The second-order valence-electron chi connectivity index (χ2n) is 5.18. The van der Waals surface area contributed by atoms with Crippen molar-refractivity contribution in [3.8, 4) is 0 Å². The highest BCUT2D eigenvalue weighted by atomic mass is 35.5.